The first-order valence-electron chi connectivity index (χ1n) is 5.58. The van der Waals surface area contributed by atoms with Gasteiger partial charge in [0.15, 0.2) is 0 Å². The molecule has 1 atom stereocenters. The molecule has 17 heavy (non-hydrogen) atoms. The molecule has 2 rings (SSSR count). The largest absolute Gasteiger partial charge is 0.368 e. The van der Waals surface area contributed by atoms with Crippen LogP contribution in [0.3, 0.4) is 0 Å². The van der Waals surface area contributed by atoms with Gasteiger partial charge in [-0.1, -0.05) is 0 Å². The summed E-state index contributed by atoms with van der Waals surface area (Å²) in [5.41, 5.74) is 7.06. The van der Waals surface area contributed by atoms with E-state index in [0.717, 1.165) is 30.8 Å². The van der Waals surface area contributed by atoms with Gasteiger partial charge < -0.3 is 16.0 Å². The van der Waals surface area contributed by atoms with Crippen molar-refractivity contribution in [3.05, 3.63) is 24.3 Å². The summed E-state index contributed by atoms with van der Waals surface area (Å²) in [5, 5.41) is 2.57. The molecular weight excluding hydrogens is 218 g/mol. The highest BCUT2D eigenvalue weighted by atomic mass is 16.1. The van der Waals surface area contributed by atoms with Crippen LogP contribution in [0, 0.1) is 0 Å². The van der Waals surface area contributed by atoms with Gasteiger partial charge in [0.25, 0.3) is 0 Å². The lowest BCUT2D eigenvalue weighted by molar-refractivity contribution is -0.119. The number of rotatable bonds is 4. The van der Waals surface area contributed by atoms with Gasteiger partial charge in [-0.15, -0.1) is 0 Å². The molecule has 0 aromatic heterocycles. The fourth-order valence-corrected chi connectivity index (χ4v) is 2.19. The number of carbonyl (C=O) groups is 2. The minimum absolute atomic E-state index is 0.208. The van der Waals surface area contributed by atoms with E-state index < -0.39 is 0 Å². The summed E-state index contributed by atoms with van der Waals surface area (Å²) in [7, 11) is 0. The Bertz CT molecular complexity index is 416. The normalized spacial score (nSPS) is 19.1. The zero-order valence-corrected chi connectivity index (χ0v) is 9.43. The van der Waals surface area contributed by atoms with Gasteiger partial charge in [-0.05, 0) is 37.1 Å². The minimum Gasteiger partial charge on any atom is -0.368 e. The predicted octanol–water partition coefficient (Wildman–Crippen LogP) is 0.709. The van der Waals surface area contributed by atoms with Crippen molar-refractivity contribution in [3.8, 4) is 0 Å². The first kappa shape index (κ1) is 11.4. The molecule has 90 valence electrons. The van der Waals surface area contributed by atoms with Crippen LogP contribution in [0.4, 0.5) is 11.4 Å². The van der Waals surface area contributed by atoms with Crippen LogP contribution in [-0.2, 0) is 9.59 Å². The molecule has 5 heteroatoms. The Morgan fingerprint density at radius 2 is 2.12 bits per heavy atom. The Morgan fingerprint density at radius 3 is 2.71 bits per heavy atom. The molecule has 3 N–H and O–H groups in total. The summed E-state index contributed by atoms with van der Waals surface area (Å²) in [6.07, 6.45) is 2.42. The van der Waals surface area contributed by atoms with Gasteiger partial charge in [-0.3, -0.25) is 9.59 Å². The molecule has 1 fully saturated rings. The van der Waals surface area contributed by atoms with E-state index in [9.17, 15) is 9.59 Å². The zero-order valence-electron chi connectivity index (χ0n) is 9.43. The molecule has 0 unspecified atom stereocenters. The number of amides is 2. The minimum atomic E-state index is -0.280. The molecule has 0 aliphatic carbocycles. The second-order valence-electron chi connectivity index (χ2n) is 4.06. The number of benzene rings is 1. The van der Waals surface area contributed by atoms with Crippen LogP contribution in [0.25, 0.3) is 0 Å². The van der Waals surface area contributed by atoms with Crippen LogP contribution in [0.2, 0.25) is 0 Å². The lowest BCUT2D eigenvalue weighted by Gasteiger charge is -2.24. The van der Waals surface area contributed by atoms with Crippen molar-refractivity contribution in [2.24, 2.45) is 5.73 Å². The van der Waals surface area contributed by atoms with Gasteiger partial charge in [0, 0.05) is 17.9 Å². The maximum atomic E-state index is 11.3. The van der Waals surface area contributed by atoms with Gasteiger partial charge in [0.1, 0.15) is 6.04 Å². The highest BCUT2D eigenvalue weighted by molar-refractivity contribution is 5.84. The van der Waals surface area contributed by atoms with Crippen LogP contribution >= 0.6 is 0 Å². The van der Waals surface area contributed by atoms with Gasteiger partial charge in [-0.25, -0.2) is 0 Å². The van der Waals surface area contributed by atoms with Crippen LogP contribution < -0.4 is 16.0 Å². The Kier molecular flexibility index (Phi) is 3.27. The third-order valence-corrected chi connectivity index (χ3v) is 3.01. The smallest absolute Gasteiger partial charge is 0.240 e. The first-order chi connectivity index (χ1) is 8.22. The molecule has 1 aromatic rings. The van der Waals surface area contributed by atoms with Crippen molar-refractivity contribution < 1.29 is 9.59 Å². The van der Waals surface area contributed by atoms with E-state index in [1.165, 1.54) is 0 Å². The number of nitrogens with zero attached hydrogens (tertiary/aromatic N) is 1. The van der Waals surface area contributed by atoms with Crippen molar-refractivity contribution in [1.82, 2.24) is 0 Å². The monoisotopic (exact) mass is 233 g/mol. The van der Waals surface area contributed by atoms with E-state index in [1.807, 2.05) is 17.0 Å². The highest BCUT2D eigenvalue weighted by Crippen LogP contribution is 2.26. The molecule has 1 aliphatic heterocycles. The van der Waals surface area contributed by atoms with Crippen LogP contribution in [0.15, 0.2) is 24.3 Å². The zero-order chi connectivity index (χ0) is 12.3. The van der Waals surface area contributed by atoms with E-state index in [1.54, 1.807) is 12.1 Å². The molecule has 1 aromatic carbocycles. The Labute approximate surface area is 99.6 Å². The summed E-state index contributed by atoms with van der Waals surface area (Å²) < 4.78 is 0. The second kappa shape index (κ2) is 4.86. The van der Waals surface area contributed by atoms with E-state index in [2.05, 4.69) is 5.32 Å². The Balaban J connectivity index is 2.16. The van der Waals surface area contributed by atoms with Crippen molar-refractivity contribution >= 4 is 23.7 Å². The number of hydrogen-bond donors (Lipinski definition) is 2. The molecule has 0 saturated carbocycles. The lowest BCUT2D eigenvalue weighted by Crippen LogP contribution is -2.40. The topological polar surface area (TPSA) is 75.4 Å². The van der Waals surface area contributed by atoms with Crippen molar-refractivity contribution in [3.63, 3.8) is 0 Å². The SMILES string of the molecule is NC(=O)[C@@H]1CCCN1c1ccc(NC=O)cc1. The molecule has 0 bridgehead atoms. The van der Waals surface area contributed by atoms with Crippen LogP contribution in [0.5, 0.6) is 0 Å². The summed E-state index contributed by atoms with van der Waals surface area (Å²) in [6.45, 7) is 0.841. The molecule has 0 radical (unpaired) electrons. The van der Waals surface area contributed by atoms with Crippen molar-refractivity contribution in [2.75, 3.05) is 16.8 Å². The second-order valence-corrected chi connectivity index (χ2v) is 4.06. The predicted molar refractivity (Wildman–Crippen MR) is 65.7 cm³/mol. The number of anilines is 2. The third-order valence-electron chi connectivity index (χ3n) is 3.01. The fraction of sp³-hybridized carbons (Fsp3) is 0.333. The van der Waals surface area contributed by atoms with Gasteiger partial charge in [0.05, 0.1) is 0 Å². The maximum Gasteiger partial charge on any atom is 0.240 e. The average Bonchev–Trinajstić information content (AvgIpc) is 2.79. The number of primary amides is 1. The average molecular weight is 233 g/mol. The molecular formula is C12H15N3O2. The third kappa shape index (κ3) is 2.38. The molecule has 5 nitrogen and oxygen atoms in total. The van der Waals surface area contributed by atoms with Crippen molar-refractivity contribution in [2.45, 2.75) is 18.9 Å². The first-order valence-corrected chi connectivity index (χ1v) is 5.58. The number of nitrogens with two attached hydrogens (primary N) is 1. The Hall–Kier alpha value is -2.04. The molecule has 1 aliphatic rings. The number of hydrogen-bond acceptors (Lipinski definition) is 3. The standard InChI is InChI=1S/C12H15N3O2/c13-12(17)11-2-1-7-15(11)10-5-3-9(4-6-10)14-8-16/h3-6,8,11H,1-2,7H2,(H2,13,17)(H,14,16)/t11-/m0/s1. The fourth-order valence-electron chi connectivity index (χ4n) is 2.19. The van der Waals surface area contributed by atoms with Gasteiger partial charge in [0.2, 0.25) is 12.3 Å². The maximum absolute atomic E-state index is 11.3. The molecule has 0 spiro atoms. The molecule has 1 heterocycles. The van der Waals surface area contributed by atoms with Crippen molar-refractivity contribution in [1.29, 1.82) is 0 Å². The van der Waals surface area contributed by atoms with E-state index in [0.29, 0.717) is 6.41 Å². The lowest BCUT2D eigenvalue weighted by atomic mass is 10.2. The summed E-state index contributed by atoms with van der Waals surface area (Å²) in [5.74, 6) is -0.280. The molecule has 1 saturated heterocycles. The summed E-state index contributed by atoms with van der Waals surface area (Å²) in [4.78, 5) is 23.6. The summed E-state index contributed by atoms with van der Waals surface area (Å²) in [6, 6.07) is 7.17. The Morgan fingerprint density at radius 1 is 1.41 bits per heavy atom. The molecule has 2 amide bonds. The summed E-state index contributed by atoms with van der Waals surface area (Å²) >= 11 is 0. The number of nitrogens with one attached hydrogen (secondary N) is 1. The van der Waals surface area contributed by atoms with Crippen LogP contribution in [0.1, 0.15) is 12.8 Å². The van der Waals surface area contributed by atoms with Gasteiger partial charge in [-0.2, -0.15) is 0 Å². The van der Waals surface area contributed by atoms with E-state index >= 15 is 0 Å². The van der Waals surface area contributed by atoms with Gasteiger partial charge >= 0.3 is 0 Å². The number of carbonyl (C=O) groups excluding carboxylic acids is 2. The quantitative estimate of drug-likeness (QED) is 0.752. The van der Waals surface area contributed by atoms with Crippen LogP contribution in [-0.4, -0.2) is 24.9 Å². The highest BCUT2D eigenvalue weighted by Gasteiger charge is 2.28. The van der Waals surface area contributed by atoms with E-state index in [4.69, 9.17) is 5.73 Å². The van der Waals surface area contributed by atoms with E-state index in [-0.39, 0.29) is 11.9 Å².